The van der Waals surface area contributed by atoms with Gasteiger partial charge in [-0.25, -0.2) is 0 Å². The number of hydrogen-bond donors (Lipinski definition) is 2. The molecule has 0 radical (unpaired) electrons. The van der Waals surface area contributed by atoms with Gasteiger partial charge in [0.25, 0.3) is 5.56 Å². The Hall–Kier alpha value is -1.53. The molecule has 2 fully saturated rings. The zero-order valence-corrected chi connectivity index (χ0v) is 25.6. The lowest BCUT2D eigenvalue weighted by atomic mass is 9.93. The third-order valence-electron chi connectivity index (χ3n) is 8.04. The van der Waals surface area contributed by atoms with Gasteiger partial charge in [0, 0.05) is 92.5 Å². The van der Waals surface area contributed by atoms with Gasteiger partial charge >= 0.3 is 0 Å². The van der Waals surface area contributed by atoms with Crippen LogP contribution in [0.4, 0.5) is 0 Å². The molecule has 0 amide bonds. The van der Waals surface area contributed by atoms with Crippen molar-refractivity contribution >= 4 is 41.2 Å². The number of rotatable bonds is 11. The first-order valence-electron chi connectivity index (χ1n) is 13.7. The summed E-state index contributed by atoms with van der Waals surface area (Å²) >= 11 is 2.20. The van der Waals surface area contributed by atoms with Crippen LogP contribution in [0.5, 0.6) is 5.75 Å². The Labute approximate surface area is 241 Å². The minimum atomic E-state index is -0.989. The Morgan fingerprint density at radius 3 is 2.66 bits per heavy atom. The molecule has 1 atom stereocenters. The van der Waals surface area contributed by atoms with Crippen LogP contribution < -0.4 is 15.6 Å². The minimum Gasteiger partial charge on any atom is -0.493 e. The average Bonchev–Trinajstić information content (AvgIpc) is 3.66. The molecule has 206 valence electrons. The van der Waals surface area contributed by atoms with E-state index in [1.165, 1.54) is 34.8 Å². The smallest absolute Gasteiger partial charge is 0.275 e. The van der Waals surface area contributed by atoms with Crippen LogP contribution in [-0.4, -0.2) is 57.9 Å². The summed E-state index contributed by atoms with van der Waals surface area (Å²) < 4.78 is 10.2. The number of benzene rings is 1. The van der Waals surface area contributed by atoms with Gasteiger partial charge in [0.1, 0.15) is 11.3 Å². The fraction of sp³-hybridized carbons (Fsp3) is 0.552. The van der Waals surface area contributed by atoms with Gasteiger partial charge in [-0.15, -0.1) is 0 Å². The summed E-state index contributed by atoms with van der Waals surface area (Å²) in [5.74, 6) is 2.12. The highest BCUT2D eigenvalue weighted by Crippen LogP contribution is 2.42. The third-order valence-corrected chi connectivity index (χ3v) is 9.77. The maximum Gasteiger partial charge on any atom is 0.275 e. The van der Waals surface area contributed by atoms with Gasteiger partial charge in [0.15, 0.2) is 0 Å². The van der Waals surface area contributed by atoms with E-state index in [4.69, 9.17) is 4.74 Å². The molecule has 1 aliphatic carbocycles. The van der Waals surface area contributed by atoms with E-state index >= 15 is 0 Å². The number of aliphatic hydroxyl groups is 1. The number of aryl methyl sites for hydroxylation is 1. The van der Waals surface area contributed by atoms with E-state index in [0.29, 0.717) is 18.0 Å². The second-order valence-corrected chi connectivity index (χ2v) is 13.1. The number of nitrogens with zero attached hydrogens (tertiary/aromatic N) is 3. The number of aromatic nitrogens is 2. The molecule has 5 rings (SSSR count). The third kappa shape index (κ3) is 6.27. The Kier molecular flexibility index (Phi) is 8.79. The molecule has 9 heteroatoms. The van der Waals surface area contributed by atoms with E-state index in [1.54, 1.807) is 25.5 Å². The summed E-state index contributed by atoms with van der Waals surface area (Å²) in [6.45, 7) is 9.94. The second-order valence-electron chi connectivity index (χ2n) is 11.3. The van der Waals surface area contributed by atoms with Gasteiger partial charge in [-0.3, -0.25) is 8.77 Å². The monoisotopic (exact) mass is 650 g/mol. The zero-order chi connectivity index (χ0) is 26.9. The van der Waals surface area contributed by atoms with Crippen LogP contribution in [-0.2, 0) is 12.6 Å². The van der Waals surface area contributed by atoms with Crippen molar-refractivity contribution in [3.63, 3.8) is 0 Å². The summed E-state index contributed by atoms with van der Waals surface area (Å²) in [7, 11) is 3.27. The first-order valence-corrected chi connectivity index (χ1v) is 17.0. The quantitative estimate of drug-likeness (QED) is 0.279. The number of hydrogen-bond acceptors (Lipinski definition) is 6. The number of halogens is 1. The molecule has 7 nitrogen and oxygen atoms in total. The average molecular weight is 651 g/mol. The number of fused-ring (bicyclic) bond motifs is 1. The van der Waals surface area contributed by atoms with Crippen molar-refractivity contribution < 1.29 is 9.84 Å². The molecule has 3 heterocycles. The first-order chi connectivity index (χ1) is 18.3. The molecule has 1 saturated heterocycles. The number of nitrogens with one attached hydrogen (secondary N) is 1. The molecule has 1 saturated carbocycles. The summed E-state index contributed by atoms with van der Waals surface area (Å²) in [5.41, 5.74) is 2.31. The molecule has 1 aromatic carbocycles. The Balaban J connectivity index is 1.42. The minimum absolute atomic E-state index is 0.0303. The van der Waals surface area contributed by atoms with Crippen LogP contribution in [0.2, 0.25) is 0 Å². The zero-order valence-electron chi connectivity index (χ0n) is 22.6. The fourth-order valence-electron chi connectivity index (χ4n) is 5.58. The molecule has 3 aromatic rings. The van der Waals surface area contributed by atoms with E-state index in [-0.39, 0.29) is 5.56 Å². The van der Waals surface area contributed by atoms with E-state index < -0.39 is 5.60 Å². The van der Waals surface area contributed by atoms with Crippen LogP contribution >= 0.6 is 30.3 Å². The van der Waals surface area contributed by atoms with Crippen LogP contribution in [0.15, 0.2) is 41.5 Å². The summed E-state index contributed by atoms with van der Waals surface area (Å²) in [6.07, 6.45) is 8.83. The molecule has 1 unspecified atom stereocenters. The van der Waals surface area contributed by atoms with Gasteiger partial charge in [-0.1, -0.05) is 6.07 Å². The summed E-state index contributed by atoms with van der Waals surface area (Å²) in [6, 6.07) is 7.98. The highest BCUT2D eigenvalue weighted by atomic mass is 127. The lowest BCUT2D eigenvalue weighted by molar-refractivity contribution is 0.0785. The Bertz CT molecular complexity index is 1320. The van der Waals surface area contributed by atoms with Crippen molar-refractivity contribution in [3.05, 3.63) is 52.6 Å². The van der Waals surface area contributed by atoms with Crippen molar-refractivity contribution in [2.75, 3.05) is 39.3 Å². The molecule has 1 aliphatic heterocycles. The van der Waals surface area contributed by atoms with Crippen molar-refractivity contribution in [1.82, 2.24) is 18.8 Å². The number of ether oxygens (including phenoxy) is 1. The molecule has 0 spiro atoms. The Morgan fingerprint density at radius 2 is 1.97 bits per heavy atom. The maximum atomic E-state index is 13.0. The summed E-state index contributed by atoms with van der Waals surface area (Å²) in [5, 5.41) is 15.1. The van der Waals surface area contributed by atoms with E-state index in [1.807, 2.05) is 40.6 Å². The predicted molar refractivity (Wildman–Crippen MR) is 165 cm³/mol. The SMILES string of the molecule is Cn1cc(-c2cc(C(C)(C)O)ccc2OCC(CCCN2CCNCC2)C2CC2)c2ccn(SI)c2c1=O. The topological polar surface area (TPSA) is 71.7 Å². The molecular formula is C29H39IN4O3S. The normalized spacial score (nSPS) is 17.7. The largest absolute Gasteiger partial charge is 0.493 e. The van der Waals surface area contributed by atoms with Gasteiger partial charge in [-0.05, 0) is 81.7 Å². The lowest BCUT2D eigenvalue weighted by Gasteiger charge is -2.28. The second kappa shape index (κ2) is 11.9. The van der Waals surface area contributed by atoms with Gasteiger partial charge < -0.3 is 24.6 Å². The van der Waals surface area contributed by atoms with Crippen molar-refractivity contribution in [3.8, 4) is 16.9 Å². The molecule has 38 heavy (non-hydrogen) atoms. The lowest BCUT2D eigenvalue weighted by Crippen LogP contribution is -2.43. The molecule has 2 N–H and O–H groups in total. The molecule has 2 aliphatic rings. The fourth-order valence-corrected chi connectivity index (χ4v) is 6.92. The van der Waals surface area contributed by atoms with Gasteiger partial charge in [0.2, 0.25) is 0 Å². The van der Waals surface area contributed by atoms with Crippen LogP contribution in [0.3, 0.4) is 0 Å². The van der Waals surface area contributed by atoms with Crippen LogP contribution in [0.1, 0.15) is 45.1 Å². The van der Waals surface area contributed by atoms with Crippen molar-refractivity contribution in [1.29, 1.82) is 0 Å². The van der Waals surface area contributed by atoms with Crippen molar-refractivity contribution in [2.24, 2.45) is 18.9 Å². The molecular weight excluding hydrogens is 611 g/mol. The summed E-state index contributed by atoms with van der Waals surface area (Å²) in [4.78, 5) is 15.6. The van der Waals surface area contributed by atoms with Gasteiger partial charge in [0.05, 0.1) is 12.2 Å². The van der Waals surface area contributed by atoms with Gasteiger partial charge in [-0.2, -0.15) is 0 Å². The number of piperazine rings is 1. The highest BCUT2D eigenvalue weighted by molar-refractivity contribution is 14.2. The first kappa shape index (κ1) is 28.0. The van der Waals surface area contributed by atoms with E-state index in [9.17, 15) is 9.90 Å². The van der Waals surface area contributed by atoms with Crippen molar-refractivity contribution in [2.45, 2.75) is 45.1 Å². The predicted octanol–water partition coefficient (Wildman–Crippen LogP) is 5.17. The van der Waals surface area contributed by atoms with E-state index in [0.717, 1.165) is 66.5 Å². The molecule has 2 aromatic heterocycles. The Morgan fingerprint density at radius 1 is 1.21 bits per heavy atom. The number of pyridine rings is 1. The van der Waals surface area contributed by atoms with Crippen LogP contribution in [0.25, 0.3) is 22.0 Å². The van der Waals surface area contributed by atoms with E-state index in [2.05, 4.69) is 31.4 Å². The van der Waals surface area contributed by atoms with Crippen LogP contribution in [0, 0.1) is 11.8 Å². The highest BCUT2D eigenvalue weighted by Gasteiger charge is 2.32. The standard InChI is InChI=1S/C29H39IN4O3S/c1-29(2,36)22-8-9-26(37-19-21(20-6-7-20)5-4-13-33-15-11-31-12-16-33)24(17-22)25-18-32(3)28(35)27-23(25)10-14-34(27)38-30/h8-10,14,17-18,20-21,31,36H,4-7,11-13,15-16,19H2,1-3H3. The maximum absolute atomic E-state index is 13.0. The molecule has 0 bridgehead atoms.